The van der Waals surface area contributed by atoms with Gasteiger partial charge in [-0.15, -0.1) is 0 Å². The molecule has 0 saturated heterocycles. The lowest BCUT2D eigenvalue weighted by molar-refractivity contribution is 0.0388. The average Bonchev–Trinajstić information content (AvgIpc) is 0.787. The maximum atomic E-state index is 12.0. The summed E-state index contributed by atoms with van der Waals surface area (Å²) in [6, 6.07) is 30.7. The van der Waals surface area contributed by atoms with Crippen LogP contribution in [0.4, 0.5) is 24.0 Å². The molecule has 6 aromatic carbocycles. The molecule has 0 spiro atoms. The number of ether oxygens (including phenoxy) is 12. The van der Waals surface area contributed by atoms with E-state index in [4.69, 9.17) is 72.9 Å². The fourth-order valence-electron chi connectivity index (χ4n) is 10.2. The van der Waals surface area contributed by atoms with Gasteiger partial charge in [-0.25, -0.2) is 24.0 Å². The predicted molar refractivity (Wildman–Crippen MR) is 382 cm³/mol. The molecular weight excluding hydrogens is 1360 g/mol. The predicted octanol–water partition coefficient (Wildman–Crippen LogP) is 11.1. The van der Waals surface area contributed by atoms with Crippen molar-refractivity contribution in [2.75, 3.05) is 101 Å². The average molecular weight is 1460 g/mol. The van der Waals surface area contributed by atoms with Gasteiger partial charge >= 0.3 is 30.5 Å². The number of alkyl carbamates (subject to hydrolysis) is 1. The lowest BCUT2D eigenvalue weighted by atomic mass is 9.99. The molecular formula is C76H93N7O22. The number of nitrogens with two attached hydrogens (primary N) is 1. The molecule has 6 aliphatic rings. The van der Waals surface area contributed by atoms with E-state index in [1.165, 1.54) is 25.7 Å². The van der Waals surface area contributed by atoms with E-state index in [1.807, 2.05) is 58.0 Å². The molecule has 0 radical (unpaired) electrons. The molecule has 0 aliphatic carbocycles. The van der Waals surface area contributed by atoms with Crippen LogP contribution >= 0.6 is 0 Å². The lowest BCUT2D eigenvalue weighted by Gasteiger charge is -2.28. The molecule has 6 heterocycles. The molecule has 6 aliphatic heterocycles. The summed E-state index contributed by atoms with van der Waals surface area (Å²) < 4.78 is 62.8. The third-order valence-electron chi connectivity index (χ3n) is 16.6. The fraction of sp³-hybridized carbons (Fsp3) is 0.408. The Kier molecular flexibility index (Phi) is 30.7. The van der Waals surface area contributed by atoms with E-state index in [2.05, 4.69) is 10.5 Å². The van der Waals surface area contributed by atoms with Crippen LogP contribution in [0.25, 0.3) is 0 Å². The van der Waals surface area contributed by atoms with E-state index in [0.29, 0.717) is 125 Å². The van der Waals surface area contributed by atoms with Gasteiger partial charge in [-0.05, 0) is 166 Å². The minimum Gasteiger partial charge on any atom is -0.508 e. The summed E-state index contributed by atoms with van der Waals surface area (Å²) in [6.07, 6.45) is -2.15. The number of aromatic hydroxyl groups is 1. The highest BCUT2D eigenvalue weighted by molar-refractivity contribution is 6.03. The molecule has 2 atom stereocenters. The van der Waals surface area contributed by atoms with Crippen LogP contribution < -0.4 is 34.7 Å². The quantitative estimate of drug-likeness (QED) is 0.0731. The minimum atomic E-state index is -0.579. The molecule has 105 heavy (non-hydrogen) atoms. The molecule has 12 rings (SSSR count). The van der Waals surface area contributed by atoms with Crippen molar-refractivity contribution in [2.45, 2.75) is 106 Å². The normalized spacial score (nSPS) is 16.0. The van der Waals surface area contributed by atoms with Gasteiger partial charge in [0.1, 0.15) is 65.6 Å². The highest BCUT2D eigenvalue weighted by Crippen LogP contribution is 2.32. The molecule has 0 aromatic heterocycles. The number of carbonyl (C=O) groups excluding carboxylic acids is 8. The highest BCUT2D eigenvalue weighted by Gasteiger charge is 2.28. The van der Waals surface area contributed by atoms with Crippen LogP contribution in [0.1, 0.15) is 142 Å². The zero-order chi connectivity index (χ0) is 76.5. The number of fused-ring (bicyclic) bond motifs is 6. The fourth-order valence-corrected chi connectivity index (χ4v) is 10.2. The van der Waals surface area contributed by atoms with Crippen LogP contribution in [0.5, 0.6) is 34.5 Å². The van der Waals surface area contributed by atoms with Crippen LogP contribution in [0, 0.1) is 0 Å². The van der Waals surface area contributed by atoms with Crippen LogP contribution in [-0.4, -0.2) is 190 Å². The highest BCUT2D eigenvalue weighted by atomic mass is 16.6. The van der Waals surface area contributed by atoms with Gasteiger partial charge in [-0.2, -0.15) is 0 Å². The van der Waals surface area contributed by atoms with Crippen molar-refractivity contribution < 1.29 is 106 Å². The third-order valence-corrected chi connectivity index (χ3v) is 16.6. The van der Waals surface area contributed by atoms with Gasteiger partial charge in [-0.1, -0.05) is 41.6 Å². The largest absolute Gasteiger partial charge is 0.508 e. The van der Waals surface area contributed by atoms with Crippen LogP contribution in [-0.2, 0) is 72.8 Å². The molecule has 0 fully saturated rings. The molecule has 6 aromatic rings. The maximum absolute atomic E-state index is 12.0. The summed E-state index contributed by atoms with van der Waals surface area (Å²) in [6.45, 7) is 19.5. The van der Waals surface area contributed by atoms with Crippen molar-refractivity contribution in [3.05, 3.63) is 176 Å². The molecule has 0 bridgehead atoms. The first kappa shape index (κ1) is 81.8. The summed E-state index contributed by atoms with van der Waals surface area (Å²) in [5, 5.41) is 24.1. The Labute approximate surface area is 609 Å². The zero-order valence-corrected chi connectivity index (χ0v) is 61.2. The number of Topliss-reactive ketones (excluding diaryl/α,β-unsaturated/α-hetero) is 3. The van der Waals surface area contributed by atoms with Crippen molar-refractivity contribution in [2.24, 2.45) is 10.9 Å². The first-order valence-corrected chi connectivity index (χ1v) is 33.9. The summed E-state index contributed by atoms with van der Waals surface area (Å²) in [4.78, 5) is 99.0. The van der Waals surface area contributed by atoms with Gasteiger partial charge in [-0.3, -0.25) is 14.4 Å². The first-order valence-electron chi connectivity index (χ1n) is 33.9. The Morgan fingerprint density at radius 3 is 1.24 bits per heavy atom. The Balaban J connectivity index is 0.000000178. The standard InChI is InChI=1S/C18H26N2O5.C13H16N2O4.C13H18N2O3.C13H15NO4.C10H10O3.C9H8O3/c1-6-20(5)17(22)24-13-8-7-12-10-23-11-15(14(12)9-13)19-16(21)25-18(2,3)4;1-3-15(2)13(16)19-10-5-4-9-7-18-8-12(14-17)11(9)6-10;1-3-15(2)13(16)18-10-5-4-9-7-17-8-12(14)11(9)6-10;1-3-14(2)13(16)18-10-5-4-9-7-17-8-12(15)11(9)6-10;1-12-8-3-2-7-5-13-6-10(11)9(7)4-8;10-7-2-1-6-4-12-5-9(11)8(6)3-7/h7-9,15H,6,10-11H2,1-5H3,(H,19,21);4-6,17H,3,7-8H2,1-2H3;4-6,12H,3,7-8,14H2,1-2H3;4-6H,3,7-8H2,1-2H3;2-4H,5-6H2,1H3;1-3,10H,4-5H2/b;14-12+;;;;. The smallest absolute Gasteiger partial charge is 0.414 e. The van der Waals surface area contributed by atoms with Crippen molar-refractivity contribution in [1.82, 2.24) is 24.9 Å². The van der Waals surface area contributed by atoms with Gasteiger partial charge < -0.3 is 97.8 Å². The van der Waals surface area contributed by atoms with E-state index in [9.17, 15) is 38.4 Å². The van der Waals surface area contributed by atoms with Gasteiger partial charge in [0.25, 0.3) is 0 Å². The number of rotatable bonds is 10. The van der Waals surface area contributed by atoms with E-state index in [1.54, 1.807) is 129 Å². The number of phenolic OH excluding ortho intramolecular Hbond substituents is 1. The zero-order valence-electron chi connectivity index (χ0n) is 61.2. The van der Waals surface area contributed by atoms with Crippen molar-refractivity contribution >= 4 is 53.5 Å². The molecule has 564 valence electrons. The number of benzene rings is 6. The number of carbonyl (C=O) groups is 8. The van der Waals surface area contributed by atoms with Gasteiger partial charge in [0, 0.05) is 76.6 Å². The second kappa shape index (κ2) is 39.4. The second-order valence-corrected chi connectivity index (χ2v) is 25.4. The van der Waals surface area contributed by atoms with Gasteiger partial charge in [0.2, 0.25) is 0 Å². The monoisotopic (exact) mass is 1460 g/mol. The first-order chi connectivity index (χ1) is 50.1. The van der Waals surface area contributed by atoms with E-state index < -0.39 is 30.0 Å². The number of methoxy groups -OCH3 is 1. The van der Waals surface area contributed by atoms with Gasteiger partial charge in [0.15, 0.2) is 17.3 Å². The number of hydrogen-bond donors (Lipinski definition) is 4. The van der Waals surface area contributed by atoms with Crippen LogP contribution in [0.3, 0.4) is 0 Å². The van der Waals surface area contributed by atoms with Crippen molar-refractivity contribution in [1.29, 1.82) is 0 Å². The topological polar surface area (TPSA) is 351 Å². The van der Waals surface area contributed by atoms with Crippen molar-refractivity contribution in [3.8, 4) is 34.5 Å². The number of hydrogen-bond acceptors (Lipinski definition) is 24. The van der Waals surface area contributed by atoms with E-state index in [0.717, 1.165) is 55.6 Å². The Bertz CT molecular complexity index is 4080. The maximum Gasteiger partial charge on any atom is 0.414 e. The molecule has 29 nitrogen and oxygen atoms in total. The lowest BCUT2D eigenvalue weighted by Crippen LogP contribution is -2.38. The number of amides is 5. The molecule has 0 saturated carbocycles. The third kappa shape index (κ3) is 24.0. The molecule has 5 N–H and O–H groups in total. The van der Waals surface area contributed by atoms with Crippen molar-refractivity contribution in [3.63, 3.8) is 0 Å². The molecule has 5 amide bonds. The summed E-state index contributed by atoms with van der Waals surface area (Å²) in [5.74, 6) is 2.49. The summed E-state index contributed by atoms with van der Waals surface area (Å²) in [7, 11) is 8.27. The van der Waals surface area contributed by atoms with Gasteiger partial charge in [0.05, 0.1) is 78.7 Å². The Hall–Kier alpha value is -10.5. The Morgan fingerprint density at radius 1 is 0.467 bits per heavy atom. The molecule has 2 unspecified atom stereocenters. The van der Waals surface area contributed by atoms with Crippen LogP contribution in [0.2, 0.25) is 0 Å². The number of nitrogens with one attached hydrogen (secondary N) is 1. The molecule has 29 heteroatoms. The SMILES string of the molecule is CCN(C)C(=O)Oc1ccc2c(c1)/C(=N/O)COC2.CCN(C)C(=O)Oc1ccc2c(c1)C(=O)COC2.CCN(C)C(=O)Oc1ccc2c(c1)C(N)COC2.CCN(C)C(=O)Oc1ccc2c(c1)C(NC(=O)OC(C)(C)C)COC2.COc1ccc2c(c1)C(=O)COC2.O=C1COCc2ccc(O)cc21. The minimum absolute atomic E-state index is 0.0279. The second-order valence-electron chi connectivity index (χ2n) is 25.4. The van der Waals surface area contributed by atoms with E-state index in [-0.39, 0.29) is 67.7 Å². The Morgan fingerprint density at radius 2 is 0.810 bits per heavy atom. The van der Waals surface area contributed by atoms with Crippen LogP contribution in [0.15, 0.2) is 114 Å². The number of ketones is 3. The van der Waals surface area contributed by atoms with E-state index >= 15 is 0 Å². The number of phenols is 1. The summed E-state index contributed by atoms with van der Waals surface area (Å²) in [5.41, 5.74) is 15.8. The summed E-state index contributed by atoms with van der Waals surface area (Å²) >= 11 is 0. The number of nitrogens with zero attached hydrogens (tertiary/aromatic N) is 5. The number of oxime groups is 1.